The van der Waals surface area contributed by atoms with Crippen molar-refractivity contribution in [2.45, 2.75) is 69.7 Å². The largest absolute Gasteiger partial charge is 0.483 e. The second-order valence-corrected chi connectivity index (χ2v) is 10.9. The van der Waals surface area contributed by atoms with Gasteiger partial charge in [-0.25, -0.2) is 13.9 Å². The number of nitrogens with zero attached hydrogens (tertiary/aromatic N) is 1. The molecule has 0 spiro atoms. The Labute approximate surface area is 191 Å². The van der Waals surface area contributed by atoms with Crippen molar-refractivity contribution >= 4 is 15.6 Å². The fourth-order valence-electron chi connectivity index (χ4n) is 3.40. The summed E-state index contributed by atoms with van der Waals surface area (Å²) in [6.07, 6.45) is -7.99. The van der Waals surface area contributed by atoms with Crippen LogP contribution in [0.15, 0.2) is 15.8 Å². The molecule has 34 heavy (non-hydrogen) atoms. The van der Waals surface area contributed by atoms with E-state index < -0.39 is 76.5 Å². The maximum atomic E-state index is 12.1. The molecule has 1 aromatic rings. The number of phosphoric acid groups is 2. The number of rotatable bonds is 8. The summed E-state index contributed by atoms with van der Waals surface area (Å²) in [5, 5.41) is 29.2. The fourth-order valence-corrected chi connectivity index (χ4v) is 5.57. The fraction of sp³-hybridized carbons (Fsp3) is 0.750. The second kappa shape index (κ2) is 10.4. The van der Waals surface area contributed by atoms with Crippen molar-refractivity contribution in [2.24, 2.45) is 0 Å². The van der Waals surface area contributed by atoms with Gasteiger partial charge in [-0.05, 0) is 26.7 Å². The van der Waals surface area contributed by atoms with Gasteiger partial charge in [0.15, 0.2) is 6.29 Å². The van der Waals surface area contributed by atoms with Gasteiger partial charge in [0.2, 0.25) is 0 Å². The summed E-state index contributed by atoms with van der Waals surface area (Å²) in [5.41, 5.74) is -0.964. The van der Waals surface area contributed by atoms with Crippen LogP contribution in [0.5, 0.6) is 0 Å². The number of phosphoric ester groups is 2. The number of ether oxygens (including phenoxy) is 2. The third-order valence-electron chi connectivity index (χ3n) is 5.22. The third-order valence-corrected chi connectivity index (χ3v) is 7.82. The quantitative estimate of drug-likeness (QED) is 0.211. The highest BCUT2D eigenvalue weighted by Gasteiger charge is 2.47. The van der Waals surface area contributed by atoms with Gasteiger partial charge in [0.25, 0.3) is 5.56 Å². The van der Waals surface area contributed by atoms with E-state index in [-0.39, 0.29) is 12.0 Å². The summed E-state index contributed by atoms with van der Waals surface area (Å²) in [6.45, 7) is 2.22. The lowest BCUT2D eigenvalue weighted by Crippen LogP contribution is -2.57. The Morgan fingerprint density at radius 1 is 1.09 bits per heavy atom. The van der Waals surface area contributed by atoms with E-state index in [1.54, 1.807) is 0 Å². The van der Waals surface area contributed by atoms with E-state index in [4.69, 9.17) is 14.0 Å². The minimum atomic E-state index is -5.37. The van der Waals surface area contributed by atoms with Crippen LogP contribution in [-0.4, -0.2) is 78.1 Å². The molecule has 2 saturated heterocycles. The lowest BCUT2D eigenvalue weighted by atomic mass is 10.0. The smallest absolute Gasteiger partial charge is 0.388 e. The number of aliphatic hydroxyl groups is 3. The van der Waals surface area contributed by atoms with E-state index >= 15 is 0 Å². The molecule has 9 atom stereocenters. The van der Waals surface area contributed by atoms with Crippen molar-refractivity contribution in [3.05, 3.63) is 32.6 Å². The molecule has 6 N–H and O–H groups in total. The number of nitrogens with one attached hydrogen (secondary N) is 1. The normalized spacial score (nSPS) is 35.6. The van der Waals surface area contributed by atoms with Gasteiger partial charge in [0.05, 0.1) is 18.8 Å². The van der Waals surface area contributed by atoms with Crippen molar-refractivity contribution in [2.75, 3.05) is 6.61 Å². The maximum absolute atomic E-state index is 12.1. The molecular weight excluding hydrogens is 506 g/mol. The molecule has 194 valence electrons. The van der Waals surface area contributed by atoms with E-state index in [0.717, 1.165) is 4.57 Å². The molecule has 3 rings (SSSR count). The lowest BCUT2D eigenvalue weighted by molar-refractivity contribution is -0.271. The van der Waals surface area contributed by atoms with E-state index in [1.807, 2.05) is 0 Å². The average molecular weight is 532 g/mol. The average Bonchev–Trinajstić information content (AvgIpc) is 3.19. The third kappa shape index (κ3) is 6.49. The van der Waals surface area contributed by atoms with Gasteiger partial charge < -0.3 is 34.6 Å². The number of aromatic nitrogens is 2. The molecule has 3 heterocycles. The summed E-state index contributed by atoms with van der Waals surface area (Å²) in [7, 11) is -10.6. The van der Waals surface area contributed by atoms with Gasteiger partial charge in [-0.1, -0.05) is 0 Å². The van der Waals surface area contributed by atoms with Gasteiger partial charge in [-0.15, -0.1) is 0 Å². The Balaban J connectivity index is 1.55. The summed E-state index contributed by atoms with van der Waals surface area (Å²) >= 11 is 0. The lowest BCUT2D eigenvalue weighted by Gasteiger charge is -2.38. The Morgan fingerprint density at radius 3 is 2.44 bits per heavy atom. The molecular formula is C16H26N2O14P2. The molecule has 1 aromatic heterocycles. The Hall–Kier alpha value is -1.26. The van der Waals surface area contributed by atoms with Crippen LogP contribution in [-0.2, 0) is 32.0 Å². The van der Waals surface area contributed by atoms with Gasteiger partial charge in [-0.2, -0.15) is 4.31 Å². The molecule has 0 amide bonds. The monoisotopic (exact) mass is 532 g/mol. The van der Waals surface area contributed by atoms with Gasteiger partial charge in [0.1, 0.15) is 24.5 Å². The standard InChI is InChI=1S/C16H26N2O14P2/c1-7-5-18(16(23)17-14(7)22)10-4-3-9(30-10)6-28-33(24,25)32-34(26,27)31-15-13(21)12(20)11(19)8(2)29-15/h5,8-13,15,19-21H,3-4,6H2,1-2H3,(H,24,25)(H,26,27)(H,17,22,23)/t8-,9+,10-,11+,12+,13-,15-/m1/s1. The Bertz CT molecular complexity index is 1090. The molecule has 18 heteroatoms. The molecule has 0 saturated carbocycles. The highest BCUT2D eigenvalue weighted by molar-refractivity contribution is 7.61. The molecule has 0 aliphatic carbocycles. The van der Waals surface area contributed by atoms with Crippen LogP contribution >= 0.6 is 15.6 Å². The first-order valence-electron chi connectivity index (χ1n) is 10.1. The minimum Gasteiger partial charge on any atom is -0.388 e. The van der Waals surface area contributed by atoms with Crippen LogP contribution in [0.4, 0.5) is 0 Å². The Morgan fingerprint density at radius 2 is 1.76 bits per heavy atom. The Kier molecular flexibility index (Phi) is 8.35. The second-order valence-electron chi connectivity index (χ2n) is 7.87. The topological polar surface area (TPSA) is 236 Å². The molecule has 2 aliphatic heterocycles. The first-order valence-corrected chi connectivity index (χ1v) is 13.1. The molecule has 0 aromatic carbocycles. The van der Waals surface area contributed by atoms with Crippen LogP contribution in [0.1, 0.15) is 31.6 Å². The van der Waals surface area contributed by atoms with Crippen molar-refractivity contribution < 1.29 is 57.1 Å². The van der Waals surface area contributed by atoms with E-state index in [0.29, 0.717) is 6.42 Å². The first kappa shape index (κ1) is 27.3. The first-order chi connectivity index (χ1) is 15.7. The zero-order chi connectivity index (χ0) is 25.4. The molecule has 2 unspecified atom stereocenters. The number of aliphatic hydroxyl groups excluding tert-OH is 3. The predicted octanol–water partition coefficient (Wildman–Crippen LogP) is -1.40. The van der Waals surface area contributed by atoms with Crippen molar-refractivity contribution in [1.29, 1.82) is 0 Å². The maximum Gasteiger partial charge on any atom is 0.483 e. The van der Waals surface area contributed by atoms with Crippen LogP contribution in [0.2, 0.25) is 0 Å². The molecule has 16 nitrogen and oxygen atoms in total. The van der Waals surface area contributed by atoms with Crippen molar-refractivity contribution in [3.8, 4) is 0 Å². The summed E-state index contributed by atoms with van der Waals surface area (Å²) in [4.78, 5) is 45.2. The zero-order valence-corrected chi connectivity index (χ0v) is 19.8. The van der Waals surface area contributed by atoms with Gasteiger partial charge >= 0.3 is 21.3 Å². The highest BCUT2D eigenvalue weighted by atomic mass is 31.3. The molecule has 0 bridgehead atoms. The van der Waals surface area contributed by atoms with Gasteiger partial charge in [-0.3, -0.25) is 23.4 Å². The van der Waals surface area contributed by atoms with Crippen LogP contribution in [0.3, 0.4) is 0 Å². The zero-order valence-electron chi connectivity index (χ0n) is 18.0. The molecule has 0 radical (unpaired) electrons. The van der Waals surface area contributed by atoms with Crippen molar-refractivity contribution in [1.82, 2.24) is 9.55 Å². The number of aromatic amines is 1. The van der Waals surface area contributed by atoms with Crippen molar-refractivity contribution in [3.63, 3.8) is 0 Å². The summed E-state index contributed by atoms with van der Waals surface area (Å²) in [6, 6.07) is 0. The number of H-pyrrole nitrogens is 1. The highest BCUT2D eigenvalue weighted by Crippen LogP contribution is 2.61. The summed E-state index contributed by atoms with van der Waals surface area (Å²) in [5.74, 6) is 0. The van der Waals surface area contributed by atoms with Gasteiger partial charge in [0, 0.05) is 11.8 Å². The minimum absolute atomic E-state index is 0.276. The molecule has 2 aliphatic rings. The number of hydrogen-bond donors (Lipinski definition) is 6. The molecule has 2 fully saturated rings. The van der Waals surface area contributed by atoms with Crippen LogP contribution < -0.4 is 11.2 Å². The van der Waals surface area contributed by atoms with Crippen LogP contribution in [0.25, 0.3) is 0 Å². The predicted molar refractivity (Wildman–Crippen MR) is 109 cm³/mol. The van der Waals surface area contributed by atoms with E-state index in [2.05, 4.69) is 13.8 Å². The summed E-state index contributed by atoms with van der Waals surface area (Å²) < 4.78 is 49.4. The van der Waals surface area contributed by atoms with E-state index in [1.165, 1.54) is 20.0 Å². The van der Waals surface area contributed by atoms with E-state index in [9.17, 15) is 43.8 Å². The number of aryl methyl sites for hydroxylation is 1. The SMILES string of the molecule is Cc1cn([C@H]2CC[C@@H](COP(=O)(O)OP(=O)(O)O[C@H]3O[C@H](C)[C@H](O)[C@H](O)[C@H]3O)O2)c(=O)[nH]c1=O. The number of hydrogen-bond acceptors (Lipinski definition) is 12. The van der Waals surface area contributed by atoms with Crippen LogP contribution in [0, 0.1) is 6.92 Å².